The van der Waals surface area contributed by atoms with Crippen LogP contribution in [-0.4, -0.2) is 93.2 Å². The van der Waals surface area contributed by atoms with Crippen molar-refractivity contribution in [1.29, 1.82) is 0 Å². The van der Waals surface area contributed by atoms with Crippen molar-refractivity contribution in [2.45, 2.75) is 49.6 Å². The molecular weight excluding hydrogens is 438 g/mol. The van der Waals surface area contributed by atoms with E-state index in [4.69, 9.17) is 0 Å². The van der Waals surface area contributed by atoms with Gasteiger partial charge in [0.2, 0.25) is 10.0 Å². The number of nitrogens with zero attached hydrogens (tertiary/aromatic N) is 3. The molecule has 0 aliphatic carbocycles. The number of sulfone groups is 1. The molecule has 31 heavy (non-hydrogen) atoms. The lowest BCUT2D eigenvalue weighted by Crippen LogP contribution is -2.52. The largest absolute Gasteiger partial charge is 0.336 e. The van der Waals surface area contributed by atoms with Gasteiger partial charge in [0.25, 0.3) is 5.91 Å². The highest BCUT2D eigenvalue weighted by Gasteiger charge is 2.35. The fraction of sp³-hybridized carbons (Fsp3) is 0.667. The fourth-order valence-electron chi connectivity index (χ4n) is 4.87. The summed E-state index contributed by atoms with van der Waals surface area (Å²) in [6.07, 6.45) is 3.46. The van der Waals surface area contributed by atoms with E-state index < -0.39 is 19.9 Å². The molecule has 3 heterocycles. The Balaban J connectivity index is 1.38. The van der Waals surface area contributed by atoms with Crippen molar-refractivity contribution in [2.75, 3.05) is 44.2 Å². The first-order chi connectivity index (χ1) is 14.7. The van der Waals surface area contributed by atoms with Crippen molar-refractivity contribution >= 4 is 25.8 Å². The molecule has 0 bridgehead atoms. The zero-order chi connectivity index (χ0) is 22.2. The lowest BCUT2D eigenvalue weighted by molar-refractivity contribution is 0.0587. The van der Waals surface area contributed by atoms with Crippen LogP contribution >= 0.6 is 0 Å². The van der Waals surface area contributed by atoms with Gasteiger partial charge in [0, 0.05) is 50.4 Å². The molecule has 4 rings (SSSR count). The number of sulfonamides is 1. The van der Waals surface area contributed by atoms with Gasteiger partial charge in [-0.2, -0.15) is 4.31 Å². The van der Waals surface area contributed by atoms with E-state index in [-0.39, 0.29) is 34.4 Å². The number of amides is 1. The van der Waals surface area contributed by atoms with E-state index in [9.17, 15) is 21.6 Å². The molecule has 0 aromatic heterocycles. The molecule has 2 atom stereocenters. The van der Waals surface area contributed by atoms with Crippen LogP contribution in [0.2, 0.25) is 0 Å². The number of carbonyl (C=O) groups is 1. The highest BCUT2D eigenvalue weighted by molar-refractivity contribution is 7.91. The number of carbonyl (C=O) groups excluding carboxylic acids is 1. The maximum Gasteiger partial charge on any atom is 0.253 e. The summed E-state index contributed by atoms with van der Waals surface area (Å²) >= 11 is 0. The van der Waals surface area contributed by atoms with Crippen LogP contribution in [-0.2, 0) is 19.9 Å². The summed E-state index contributed by atoms with van der Waals surface area (Å²) in [5, 5.41) is 0. The summed E-state index contributed by atoms with van der Waals surface area (Å²) in [4.78, 5) is 17.1. The van der Waals surface area contributed by atoms with E-state index in [1.165, 1.54) is 12.1 Å². The van der Waals surface area contributed by atoms with Gasteiger partial charge >= 0.3 is 0 Å². The Morgan fingerprint density at radius 2 is 1.65 bits per heavy atom. The van der Waals surface area contributed by atoms with Crippen LogP contribution in [0.4, 0.5) is 0 Å². The molecule has 3 aliphatic rings. The summed E-state index contributed by atoms with van der Waals surface area (Å²) in [7, 11) is -6.47. The molecule has 0 saturated carbocycles. The number of rotatable bonds is 4. The molecule has 2 unspecified atom stereocenters. The Morgan fingerprint density at radius 3 is 2.23 bits per heavy atom. The standard InChI is InChI=1S/C21H31N3O5S2/c1-17-4-2-3-10-24(17)31(28,29)20-7-5-18(6-8-20)21(25)23-13-11-22(12-14-23)19-9-15-30(26,27)16-19/h5-8,17,19H,2-4,9-16H2,1H3. The number of hydrogen-bond acceptors (Lipinski definition) is 6. The van der Waals surface area contributed by atoms with E-state index in [1.807, 2.05) is 6.92 Å². The highest BCUT2D eigenvalue weighted by atomic mass is 32.2. The Morgan fingerprint density at radius 1 is 0.968 bits per heavy atom. The third-order valence-electron chi connectivity index (χ3n) is 6.78. The van der Waals surface area contributed by atoms with Gasteiger partial charge in [-0.25, -0.2) is 16.8 Å². The summed E-state index contributed by atoms with van der Waals surface area (Å²) in [6, 6.07) is 6.31. The van der Waals surface area contributed by atoms with Crippen molar-refractivity contribution in [3.8, 4) is 0 Å². The monoisotopic (exact) mass is 469 g/mol. The van der Waals surface area contributed by atoms with Gasteiger partial charge in [-0.3, -0.25) is 9.69 Å². The maximum absolute atomic E-state index is 13.0. The zero-order valence-corrected chi connectivity index (χ0v) is 19.6. The molecule has 1 aromatic rings. The van der Waals surface area contributed by atoms with Crippen LogP contribution in [0.3, 0.4) is 0 Å². The van der Waals surface area contributed by atoms with Crippen LogP contribution in [0.25, 0.3) is 0 Å². The average molecular weight is 470 g/mol. The number of piperazine rings is 1. The summed E-state index contributed by atoms with van der Waals surface area (Å²) in [5.41, 5.74) is 0.475. The van der Waals surface area contributed by atoms with Crippen LogP contribution in [0.1, 0.15) is 43.0 Å². The number of benzene rings is 1. The van der Waals surface area contributed by atoms with E-state index in [2.05, 4.69) is 4.90 Å². The molecule has 1 aromatic carbocycles. The van der Waals surface area contributed by atoms with Gasteiger partial charge in [-0.15, -0.1) is 0 Å². The Hall–Kier alpha value is -1.49. The third kappa shape index (κ3) is 4.81. The van der Waals surface area contributed by atoms with Gasteiger partial charge in [0.1, 0.15) is 0 Å². The van der Waals surface area contributed by atoms with Crippen LogP contribution in [0.5, 0.6) is 0 Å². The quantitative estimate of drug-likeness (QED) is 0.658. The first-order valence-corrected chi connectivity index (χ1v) is 14.3. The molecule has 3 fully saturated rings. The van der Waals surface area contributed by atoms with Crippen LogP contribution in [0, 0.1) is 0 Å². The van der Waals surface area contributed by atoms with Crippen molar-refractivity contribution in [1.82, 2.24) is 14.1 Å². The second-order valence-electron chi connectivity index (χ2n) is 8.87. The minimum absolute atomic E-state index is 0.00814. The lowest BCUT2D eigenvalue weighted by atomic mass is 10.1. The minimum Gasteiger partial charge on any atom is -0.336 e. The second-order valence-corrected chi connectivity index (χ2v) is 13.0. The Labute approximate surface area is 185 Å². The highest BCUT2D eigenvalue weighted by Crippen LogP contribution is 2.26. The predicted molar refractivity (Wildman–Crippen MR) is 118 cm³/mol. The zero-order valence-electron chi connectivity index (χ0n) is 17.9. The molecule has 3 aliphatic heterocycles. The maximum atomic E-state index is 13.0. The molecule has 1 amide bonds. The van der Waals surface area contributed by atoms with Gasteiger partial charge < -0.3 is 4.90 Å². The van der Waals surface area contributed by atoms with Crippen LogP contribution in [0.15, 0.2) is 29.2 Å². The molecule has 8 nitrogen and oxygen atoms in total. The predicted octanol–water partition coefficient (Wildman–Crippen LogP) is 1.19. The minimum atomic E-state index is -3.55. The SMILES string of the molecule is CC1CCCCN1S(=O)(=O)c1ccc(C(=O)N2CCN(C3CCS(=O)(=O)C3)CC2)cc1. The fourth-order valence-corrected chi connectivity index (χ4v) is 8.33. The number of piperidine rings is 1. The first-order valence-electron chi connectivity index (χ1n) is 11.0. The van der Waals surface area contributed by atoms with E-state index in [0.717, 1.165) is 19.3 Å². The van der Waals surface area contributed by atoms with Crippen molar-refractivity contribution < 1.29 is 21.6 Å². The van der Waals surface area contributed by atoms with Crippen molar-refractivity contribution in [2.24, 2.45) is 0 Å². The van der Waals surface area contributed by atoms with E-state index in [1.54, 1.807) is 21.3 Å². The topological polar surface area (TPSA) is 95.1 Å². The van der Waals surface area contributed by atoms with Crippen molar-refractivity contribution in [3.63, 3.8) is 0 Å². The molecule has 0 radical (unpaired) electrons. The van der Waals surface area contributed by atoms with E-state index >= 15 is 0 Å². The first kappa shape index (κ1) is 22.7. The van der Waals surface area contributed by atoms with Gasteiger partial charge in [0.15, 0.2) is 9.84 Å². The molecule has 10 heteroatoms. The molecule has 3 saturated heterocycles. The summed E-state index contributed by atoms with van der Waals surface area (Å²) in [6.45, 7) is 4.88. The van der Waals surface area contributed by atoms with E-state index in [0.29, 0.717) is 44.7 Å². The van der Waals surface area contributed by atoms with Crippen molar-refractivity contribution in [3.05, 3.63) is 29.8 Å². The summed E-state index contributed by atoms with van der Waals surface area (Å²) in [5.74, 6) is 0.350. The third-order valence-corrected chi connectivity index (χ3v) is 10.6. The van der Waals surface area contributed by atoms with Crippen LogP contribution < -0.4 is 0 Å². The molecule has 172 valence electrons. The smallest absolute Gasteiger partial charge is 0.253 e. The molecule has 0 spiro atoms. The lowest BCUT2D eigenvalue weighted by Gasteiger charge is -2.37. The summed E-state index contributed by atoms with van der Waals surface area (Å²) < 4.78 is 50.9. The normalized spacial score (nSPS) is 28.0. The van der Waals surface area contributed by atoms with Gasteiger partial charge in [-0.05, 0) is 50.5 Å². The molecule has 0 N–H and O–H groups in total. The Bertz CT molecular complexity index is 1020. The van der Waals surface area contributed by atoms with Gasteiger partial charge in [0.05, 0.1) is 16.4 Å². The Kier molecular flexibility index (Phi) is 6.44. The van der Waals surface area contributed by atoms with Gasteiger partial charge in [-0.1, -0.05) is 6.42 Å². The average Bonchev–Trinajstić information content (AvgIpc) is 3.13. The number of hydrogen-bond donors (Lipinski definition) is 0. The second kappa shape index (κ2) is 8.80. The molecular formula is C21H31N3O5S2.